The summed E-state index contributed by atoms with van der Waals surface area (Å²) in [6.45, 7) is 10.4. The average molecular weight is 891 g/mol. The molecule has 0 fully saturated rings. The zero-order valence-corrected chi connectivity index (χ0v) is 37.7. The Bertz CT molecular complexity index is 2440. The van der Waals surface area contributed by atoms with Crippen LogP contribution in [-0.4, -0.2) is 112 Å². The van der Waals surface area contributed by atoms with Crippen molar-refractivity contribution in [1.82, 2.24) is 36.1 Å². The molecule has 0 saturated heterocycles. The van der Waals surface area contributed by atoms with Gasteiger partial charge >= 0.3 is 0 Å². The number of aromatic nitrogens is 2. The van der Waals surface area contributed by atoms with Crippen LogP contribution in [0, 0.1) is 25.2 Å². The van der Waals surface area contributed by atoms with Crippen molar-refractivity contribution in [3.05, 3.63) is 94.3 Å². The fraction of sp³-hybridized carbons (Fsp3) is 0.404. The van der Waals surface area contributed by atoms with Crippen molar-refractivity contribution in [2.75, 3.05) is 33.3 Å². The SMILES string of the molecule is Cc1nc(-c2ccc(C(C)(C)C)cc2)nc(C)c1C(=O)NC(CCN)C(=O)N(C)C1C(=O)NC(C)C(=O)NC(C(=O)NCC#N)Cc2ccc(O)c(c2)-c2cc1ccc2OCC(O)CN. The van der Waals surface area contributed by atoms with Gasteiger partial charge in [-0.15, -0.1) is 0 Å². The van der Waals surface area contributed by atoms with E-state index in [9.17, 15) is 34.2 Å². The number of likely N-dealkylation sites (N-methyl/N-ethyl adjacent to an activating group) is 1. The largest absolute Gasteiger partial charge is 0.507 e. The molecule has 0 spiro atoms. The van der Waals surface area contributed by atoms with E-state index in [1.54, 1.807) is 26.0 Å². The molecule has 18 heteroatoms. The number of nitrogens with two attached hydrogens (primary N) is 2. The van der Waals surface area contributed by atoms with Crippen LogP contribution in [-0.2, 0) is 31.0 Å². The van der Waals surface area contributed by atoms with Crippen LogP contribution in [0.25, 0.3) is 22.5 Å². The predicted molar refractivity (Wildman–Crippen MR) is 242 cm³/mol. The first kappa shape index (κ1) is 49.1. The summed E-state index contributed by atoms with van der Waals surface area (Å²) < 4.78 is 5.97. The second-order valence-electron chi connectivity index (χ2n) is 17.1. The number of aryl methyl sites for hydroxylation is 2. The topological polar surface area (TPSA) is 288 Å². The van der Waals surface area contributed by atoms with Crippen molar-refractivity contribution < 1.29 is 38.9 Å². The van der Waals surface area contributed by atoms with Crippen LogP contribution in [0.4, 0.5) is 0 Å². The molecule has 65 heavy (non-hydrogen) atoms. The third-order valence-corrected chi connectivity index (χ3v) is 11.1. The zero-order valence-electron chi connectivity index (χ0n) is 37.7. The van der Waals surface area contributed by atoms with E-state index < -0.39 is 59.8 Å². The molecule has 0 radical (unpaired) electrons. The van der Waals surface area contributed by atoms with Crippen molar-refractivity contribution in [2.24, 2.45) is 11.5 Å². The second-order valence-corrected chi connectivity index (χ2v) is 17.1. The number of nitriles is 1. The number of nitrogens with zero attached hydrogens (tertiary/aromatic N) is 4. The first-order valence-electron chi connectivity index (χ1n) is 21.2. The minimum absolute atomic E-state index is 0.0277. The maximum Gasteiger partial charge on any atom is 0.255 e. The average Bonchev–Trinajstić information content (AvgIpc) is 3.26. The highest BCUT2D eigenvalue weighted by Gasteiger charge is 2.36. The van der Waals surface area contributed by atoms with E-state index in [1.807, 2.05) is 30.3 Å². The number of aromatic hydroxyl groups is 1. The first-order valence-corrected chi connectivity index (χ1v) is 21.2. The smallest absolute Gasteiger partial charge is 0.255 e. The number of amides is 5. The Morgan fingerprint density at radius 3 is 2.28 bits per heavy atom. The summed E-state index contributed by atoms with van der Waals surface area (Å²) in [4.78, 5) is 80.5. The van der Waals surface area contributed by atoms with Crippen molar-refractivity contribution in [1.29, 1.82) is 5.26 Å². The summed E-state index contributed by atoms with van der Waals surface area (Å²) in [5, 5.41) is 41.2. The molecule has 4 aromatic rings. The molecule has 1 aliphatic rings. The molecular weight excluding hydrogens is 833 g/mol. The molecule has 344 valence electrons. The Morgan fingerprint density at radius 2 is 1.66 bits per heavy atom. The number of carbonyl (C=O) groups excluding carboxylic acids is 5. The molecule has 1 aliphatic heterocycles. The normalized spacial score (nSPS) is 17.3. The summed E-state index contributed by atoms with van der Waals surface area (Å²) in [7, 11) is 1.37. The molecule has 2 heterocycles. The number of hydrogen-bond donors (Lipinski definition) is 8. The Balaban J connectivity index is 1.55. The van der Waals surface area contributed by atoms with Gasteiger partial charge in [-0.1, -0.05) is 57.2 Å². The van der Waals surface area contributed by atoms with E-state index in [4.69, 9.17) is 21.5 Å². The molecule has 10 N–H and O–H groups in total. The lowest BCUT2D eigenvalue weighted by molar-refractivity contribution is -0.141. The standard InChI is InChI=1S/C47H58N10O8/c1-25-39(26(2)53-41(52-25)29-9-12-31(13-10-29)47(4,5)6)44(62)55-35(16-17-48)46(64)57(7)40-30-11-15-38(65-24-32(58)23-50)34(22-30)33-20-28(8-14-37(33)59)21-36(43(61)51-19-18-49)56-42(60)27(3)54-45(40)63/h8-15,20,22,27,32,35-36,40,58-59H,16-17,19,21,23-24,48,50H2,1-7H3,(H,51,61)(H,54,63)(H,55,62)(H,56,60). The van der Waals surface area contributed by atoms with Crippen molar-refractivity contribution in [3.63, 3.8) is 0 Å². The molecule has 18 nitrogen and oxygen atoms in total. The van der Waals surface area contributed by atoms with E-state index >= 15 is 0 Å². The highest BCUT2D eigenvalue weighted by atomic mass is 16.5. The first-order chi connectivity index (χ1) is 30.8. The number of benzene rings is 3. The molecule has 0 aliphatic carbocycles. The van der Waals surface area contributed by atoms with Crippen LogP contribution in [0.2, 0.25) is 0 Å². The fourth-order valence-electron chi connectivity index (χ4n) is 7.46. The van der Waals surface area contributed by atoms with Crippen molar-refractivity contribution in [3.8, 4) is 40.1 Å². The summed E-state index contributed by atoms with van der Waals surface area (Å²) in [5.41, 5.74) is 15.5. The summed E-state index contributed by atoms with van der Waals surface area (Å²) in [6.07, 6.45) is -1.15. The van der Waals surface area contributed by atoms with E-state index in [2.05, 4.69) is 52.0 Å². The summed E-state index contributed by atoms with van der Waals surface area (Å²) in [5.74, 6) is -3.18. The predicted octanol–water partition coefficient (Wildman–Crippen LogP) is 1.96. The lowest BCUT2D eigenvalue weighted by Gasteiger charge is -2.32. The fourth-order valence-corrected chi connectivity index (χ4v) is 7.46. The molecule has 5 rings (SSSR count). The number of fused-ring (bicyclic) bond motifs is 5. The molecule has 1 aromatic heterocycles. The van der Waals surface area contributed by atoms with Gasteiger partial charge in [-0.3, -0.25) is 24.0 Å². The van der Waals surface area contributed by atoms with Gasteiger partial charge in [0.2, 0.25) is 23.6 Å². The highest BCUT2D eigenvalue weighted by Crippen LogP contribution is 2.40. The molecule has 0 saturated carbocycles. The van der Waals surface area contributed by atoms with E-state index in [-0.39, 0.29) is 78.3 Å². The highest BCUT2D eigenvalue weighted by molar-refractivity contribution is 6.00. The number of phenolic OH excluding ortho intramolecular Hbond substituents is 1. The minimum atomic E-state index is -1.48. The van der Waals surface area contributed by atoms with Crippen LogP contribution < -0.4 is 37.5 Å². The van der Waals surface area contributed by atoms with Crippen molar-refractivity contribution >= 4 is 29.5 Å². The molecule has 5 amide bonds. The van der Waals surface area contributed by atoms with E-state index in [0.29, 0.717) is 22.8 Å². The van der Waals surface area contributed by atoms with Gasteiger partial charge in [-0.05, 0) is 80.1 Å². The number of hydrogen-bond acceptors (Lipinski definition) is 13. The van der Waals surface area contributed by atoms with Crippen LogP contribution in [0.3, 0.4) is 0 Å². The van der Waals surface area contributed by atoms with E-state index in [1.165, 1.54) is 38.2 Å². The zero-order chi connectivity index (χ0) is 47.7. The maximum absolute atomic E-state index is 14.6. The lowest BCUT2D eigenvalue weighted by atomic mass is 9.86. The van der Waals surface area contributed by atoms with Crippen LogP contribution >= 0.6 is 0 Å². The Labute approximate surface area is 378 Å². The van der Waals surface area contributed by atoms with Gasteiger partial charge in [-0.25, -0.2) is 9.97 Å². The summed E-state index contributed by atoms with van der Waals surface area (Å²) >= 11 is 0. The Morgan fingerprint density at radius 1 is 0.985 bits per heavy atom. The molecule has 5 unspecified atom stereocenters. The molecule has 4 bridgehead atoms. The number of aliphatic hydroxyl groups is 1. The van der Waals surface area contributed by atoms with Gasteiger partial charge in [0.15, 0.2) is 5.82 Å². The minimum Gasteiger partial charge on any atom is -0.507 e. The number of aliphatic hydroxyl groups excluding tert-OH is 1. The number of nitrogens with one attached hydrogen (secondary N) is 4. The van der Waals surface area contributed by atoms with Gasteiger partial charge in [0.05, 0.1) is 23.0 Å². The number of rotatable bonds is 13. The summed E-state index contributed by atoms with van der Waals surface area (Å²) in [6, 6.07) is 13.6. The quantitative estimate of drug-likeness (QED) is 0.0893. The monoisotopic (exact) mass is 890 g/mol. The van der Waals surface area contributed by atoms with Crippen LogP contribution in [0.5, 0.6) is 11.5 Å². The Hall–Kier alpha value is -6.94. The van der Waals surface area contributed by atoms with Gasteiger partial charge in [0.1, 0.15) is 54.9 Å². The molecule has 5 atom stereocenters. The van der Waals surface area contributed by atoms with Crippen molar-refractivity contribution in [2.45, 2.75) is 90.1 Å². The number of carbonyl (C=O) groups is 5. The maximum atomic E-state index is 14.6. The number of phenols is 1. The second kappa shape index (κ2) is 21.2. The van der Waals surface area contributed by atoms with Gasteiger partial charge in [-0.2, -0.15) is 5.26 Å². The lowest BCUT2D eigenvalue weighted by Crippen LogP contribution is -2.56. The Kier molecular flexibility index (Phi) is 16.0. The van der Waals surface area contributed by atoms with Gasteiger partial charge < -0.3 is 52.6 Å². The molecular formula is C47H58N10O8. The third-order valence-electron chi connectivity index (χ3n) is 11.1. The van der Waals surface area contributed by atoms with Crippen LogP contribution in [0.1, 0.15) is 78.6 Å². The number of ether oxygens (including phenoxy) is 1. The van der Waals surface area contributed by atoms with Gasteiger partial charge in [0, 0.05) is 36.7 Å². The van der Waals surface area contributed by atoms with E-state index in [0.717, 1.165) is 16.0 Å². The molecule has 3 aromatic carbocycles. The third kappa shape index (κ3) is 11.8. The van der Waals surface area contributed by atoms with Gasteiger partial charge in [0.25, 0.3) is 5.91 Å². The van der Waals surface area contributed by atoms with Crippen LogP contribution in [0.15, 0.2) is 60.7 Å².